The van der Waals surface area contributed by atoms with E-state index in [-0.39, 0.29) is 12.3 Å². The van der Waals surface area contributed by atoms with Crippen molar-refractivity contribution in [2.45, 2.75) is 19.9 Å². The van der Waals surface area contributed by atoms with E-state index >= 15 is 0 Å². The normalized spacial score (nSPS) is 11.0. The number of hydrogen-bond donors (Lipinski definition) is 2. The summed E-state index contributed by atoms with van der Waals surface area (Å²) in [5, 5.41) is 11.2. The average molecular weight is 294 g/mol. The van der Waals surface area contributed by atoms with Crippen LogP contribution in [0, 0.1) is 6.92 Å². The first-order chi connectivity index (χ1) is 10.6. The summed E-state index contributed by atoms with van der Waals surface area (Å²) in [6.45, 7) is 2.02. The zero-order valence-corrected chi connectivity index (χ0v) is 12.4. The molecule has 1 amide bonds. The van der Waals surface area contributed by atoms with Crippen molar-refractivity contribution in [2.24, 2.45) is 5.73 Å². The highest BCUT2D eigenvalue weighted by Crippen LogP contribution is 2.33. The Bertz CT molecular complexity index is 835. The second-order valence-electron chi connectivity index (χ2n) is 5.45. The monoisotopic (exact) mass is 294 g/mol. The maximum Gasteiger partial charge on any atom is 0.237 e. The third-order valence-electron chi connectivity index (χ3n) is 3.99. The molecule has 3 N–H and O–H groups in total. The molecule has 0 bridgehead atoms. The van der Waals surface area contributed by atoms with Gasteiger partial charge in [-0.1, -0.05) is 42.5 Å². The van der Waals surface area contributed by atoms with E-state index in [0.717, 1.165) is 23.1 Å². The summed E-state index contributed by atoms with van der Waals surface area (Å²) < 4.78 is 1.80. The van der Waals surface area contributed by atoms with Gasteiger partial charge in [-0.25, -0.2) is 0 Å². The molecular formula is C18H18N2O2. The molecule has 112 valence electrons. The summed E-state index contributed by atoms with van der Waals surface area (Å²) in [6.07, 6.45) is 0.748. The minimum Gasteiger partial charge on any atom is -0.506 e. The fourth-order valence-electron chi connectivity index (χ4n) is 2.96. The lowest BCUT2D eigenvalue weighted by Gasteiger charge is -2.07. The van der Waals surface area contributed by atoms with Crippen molar-refractivity contribution in [3.63, 3.8) is 0 Å². The minimum absolute atomic E-state index is 0.0642. The third kappa shape index (κ3) is 2.44. The number of aromatic hydroxyl groups is 1. The highest BCUT2D eigenvalue weighted by molar-refractivity contribution is 5.91. The molecule has 0 atom stereocenters. The smallest absolute Gasteiger partial charge is 0.237 e. The summed E-state index contributed by atoms with van der Waals surface area (Å²) in [5.74, 6) is -0.254. The van der Waals surface area contributed by atoms with Crippen LogP contribution in [0.15, 0.2) is 48.5 Å². The molecule has 3 rings (SSSR count). The Balaban J connectivity index is 2.20. The number of fused-ring (bicyclic) bond motifs is 1. The van der Waals surface area contributed by atoms with Gasteiger partial charge in [0.2, 0.25) is 5.91 Å². The first-order valence-electron chi connectivity index (χ1n) is 7.20. The van der Waals surface area contributed by atoms with Gasteiger partial charge in [0.15, 0.2) is 0 Å². The van der Waals surface area contributed by atoms with Crippen LogP contribution in [-0.2, 0) is 17.8 Å². The van der Waals surface area contributed by atoms with Crippen LogP contribution in [-0.4, -0.2) is 15.6 Å². The van der Waals surface area contributed by atoms with Crippen LogP contribution in [0.1, 0.15) is 16.8 Å². The number of phenolic OH excluding ortho intramolecular Hbond substituents is 1. The van der Waals surface area contributed by atoms with Crippen LogP contribution in [0.25, 0.3) is 10.9 Å². The van der Waals surface area contributed by atoms with Crippen LogP contribution >= 0.6 is 0 Å². The molecule has 3 aromatic rings. The number of rotatable bonds is 4. The standard InChI is InChI=1S/C18H18N2O2/c1-12-15(10-13-6-3-2-4-7-13)14-8-5-9-16(21)18(14)20(12)11-17(19)22/h2-9,21H,10-11H2,1H3,(H2,19,22). The number of primary amides is 1. The lowest BCUT2D eigenvalue weighted by Crippen LogP contribution is -2.19. The van der Waals surface area contributed by atoms with Gasteiger partial charge >= 0.3 is 0 Å². The molecule has 0 aliphatic heterocycles. The van der Waals surface area contributed by atoms with Crippen LogP contribution in [0.3, 0.4) is 0 Å². The molecule has 1 heterocycles. The van der Waals surface area contributed by atoms with Crippen molar-refractivity contribution in [2.75, 3.05) is 0 Å². The molecule has 4 heteroatoms. The second-order valence-corrected chi connectivity index (χ2v) is 5.45. The highest BCUT2D eigenvalue weighted by Gasteiger charge is 2.17. The Kier molecular flexibility index (Phi) is 3.59. The van der Waals surface area contributed by atoms with Crippen molar-refractivity contribution in [1.29, 1.82) is 0 Å². The predicted octanol–water partition coefficient (Wildman–Crippen LogP) is 2.73. The molecule has 4 nitrogen and oxygen atoms in total. The molecular weight excluding hydrogens is 276 g/mol. The first kappa shape index (κ1) is 14.2. The van der Waals surface area contributed by atoms with Gasteiger partial charge < -0.3 is 15.4 Å². The largest absolute Gasteiger partial charge is 0.506 e. The van der Waals surface area contributed by atoms with Crippen molar-refractivity contribution in [1.82, 2.24) is 4.57 Å². The van der Waals surface area contributed by atoms with E-state index in [2.05, 4.69) is 12.1 Å². The van der Waals surface area contributed by atoms with Gasteiger partial charge in [0.25, 0.3) is 0 Å². The molecule has 0 saturated heterocycles. The zero-order chi connectivity index (χ0) is 15.7. The fraction of sp³-hybridized carbons (Fsp3) is 0.167. The van der Waals surface area contributed by atoms with E-state index in [9.17, 15) is 9.90 Å². The average Bonchev–Trinajstić information content (AvgIpc) is 2.75. The van der Waals surface area contributed by atoms with Gasteiger partial charge in [0, 0.05) is 11.1 Å². The molecule has 1 aromatic heterocycles. The molecule has 2 aromatic carbocycles. The quantitative estimate of drug-likeness (QED) is 0.777. The van der Waals surface area contributed by atoms with Gasteiger partial charge in [-0.05, 0) is 30.5 Å². The van der Waals surface area contributed by atoms with Gasteiger partial charge in [-0.15, -0.1) is 0 Å². The predicted molar refractivity (Wildman–Crippen MR) is 86.8 cm³/mol. The summed E-state index contributed by atoms with van der Waals surface area (Å²) in [4.78, 5) is 11.4. The summed E-state index contributed by atoms with van der Waals surface area (Å²) in [7, 11) is 0. The lowest BCUT2D eigenvalue weighted by molar-refractivity contribution is -0.118. The van der Waals surface area contributed by atoms with Crippen LogP contribution in [0.4, 0.5) is 0 Å². The van der Waals surface area contributed by atoms with Crippen molar-refractivity contribution in [3.8, 4) is 5.75 Å². The number of hydrogen-bond acceptors (Lipinski definition) is 2. The topological polar surface area (TPSA) is 68.2 Å². The zero-order valence-electron chi connectivity index (χ0n) is 12.4. The van der Waals surface area contributed by atoms with Crippen LogP contribution in [0.2, 0.25) is 0 Å². The lowest BCUT2D eigenvalue weighted by atomic mass is 10.0. The van der Waals surface area contributed by atoms with Gasteiger partial charge in [0.05, 0.1) is 5.52 Å². The Hall–Kier alpha value is -2.75. The van der Waals surface area contributed by atoms with Crippen molar-refractivity contribution < 1.29 is 9.90 Å². The molecule has 22 heavy (non-hydrogen) atoms. The molecule has 0 saturated carbocycles. The SMILES string of the molecule is Cc1c(Cc2ccccc2)c2cccc(O)c2n1CC(N)=O. The molecule has 0 aliphatic carbocycles. The van der Waals surface area contributed by atoms with Crippen molar-refractivity contribution >= 4 is 16.8 Å². The molecule has 0 fully saturated rings. The Morgan fingerprint density at radius 1 is 1.14 bits per heavy atom. The number of phenols is 1. The van der Waals surface area contributed by atoms with E-state index in [0.29, 0.717) is 5.52 Å². The highest BCUT2D eigenvalue weighted by atomic mass is 16.3. The van der Waals surface area contributed by atoms with Gasteiger partial charge in [-0.2, -0.15) is 0 Å². The molecule has 0 unspecified atom stereocenters. The van der Waals surface area contributed by atoms with Crippen LogP contribution in [0.5, 0.6) is 5.75 Å². The Morgan fingerprint density at radius 3 is 2.55 bits per heavy atom. The second kappa shape index (κ2) is 5.56. The maximum absolute atomic E-state index is 11.4. The minimum atomic E-state index is -0.422. The Morgan fingerprint density at radius 2 is 1.86 bits per heavy atom. The molecule has 0 radical (unpaired) electrons. The number of aromatic nitrogens is 1. The van der Waals surface area contributed by atoms with E-state index in [1.165, 1.54) is 5.56 Å². The number of nitrogens with two attached hydrogens (primary N) is 1. The number of carbonyl (C=O) groups excluding carboxylic acids is 1. The maximum atomic E-state index is 11.4. The molecule has 0 aliphatic rings. The van der Waals surface area contributed by atoms with Gasteiger partial charge in [0.1, 0.15) is 12.3 Å². The summed E-state index contributed by atoms with van der Waals surface area (Å²) >= 11 is 0. The van der Waals surface area contributed by atoms with E-state index in [1.807, 2.05) is 37.3 Å². The number of amides is 1. The number of benzene rings is 2. The summed E-state index contributed by atoms with van der Waals surface area (Å²) in [6, 6.07) is 15.6. The Labute approximate surface area is 128 Å². The van der Waals surface area contributed by atoms with Gasteiger partial charge in [-0.3, -0.25) is 4.79 Å². The third-order valence-corrected chi connectivity index (χ3v) is 3.99. The number of para-hydroxylation sites is 1. The van der Waals surface area contributed by atoms with E-state index in [1.54, 1.807) is 10.6 Å². The molecule has 0 spiro atoms. The summed E-state index contributed by atoms with van der Waals surface area (Å²) in [5.41, 5.74) is 9.28. The van der Waals surface area contributed by atoms with E-state index < -0.39 is 5.91 Å². The van der Waals surface area contributed by atoms with E-state index in [4.69, 9.17) is 5.73 Å². The number of carbonyl (C=O) groups is 1. The first-order valence-corrected chi connectivity index (χ1v) is 7.20. The van der Waals surface area contributed by atoms with Crippen LogP contribution < -0.4 is 5.73 Å². The fourth-order valence-corrected chi connectivity index (χ4v) is 2.96. The van der Waals surface area contributed by atoms with Crippen molar-refractivity contribution in [3.05, 3.63) is 65.4 Å². The number of nitrogens with zero attached hydrogens (tertiary/aromatic N) is 1.